The molecule has 0 aliphatic rings. The first-order valence-corrected chi connectivity index (χ1v) is 8.22. The largest absolute Gasteiger partial charge is 0.307 e. The van der Waals surface area contributed by atoms with Gasteiger partial charge in [-0.1, -0.05) is 6.07 Å². The highest BCUT2D eigenvalue weighted by Crippen LogP contribution is 2.18. The van der Waals surface area contributed by atoms with Crippen LogP contribution in [-0.2, 0) is 6.54 Å². The van der Waals surface area contributed by atoms with Gasteiger partial charge in [0.15, 0.2) is 0 Å². The molecule has 6 nitrogen and oxygen atoms in total. The van der Waals surface area contributed by atoms with Gasteiger partial charge in [-0.15, -0.1) is 11.8 Å². The zero-order chi connectivity index (χ0) is 16.1. The van der Waals surface area contributed by atoms with E-state index in [1.165, 1.54) is 11.8 Å². The Bertz CT molecular complexity index is 803. The number of aromatic nitrogens is 4. The lowest BCUT2D eigenvalue weighted by Crippen LogP contribution is -2.17. The second kappa shape index (κ2) is 7.06. The molecule has 116 valence electrons. The molecule has 0 atom stereocenters. The van der Waals surface area contributed by atoms with Gasteiger partial charge in [0.25, 0.3) is 5.91 Å². The Labute approximate surface area is 138 Å². The molecule has 0 fully saturated rings. The minimum atomic E-state index is -0.203. The zero-order valence-corrected chi connectivity index (χ0v) is 13.3. The molecule has 0 aromatic carbocycles. The summed E-state index contributed by atoms with van der Waals surface area (Å²) in [6.07, 6.45) is 6.95. The molecule has 0 bridgehead atoms. The Morgan fingerprint density at radius 2 is 2.00 bits per heavy atom. The van der Waals surface area contributed by atoms with Gasteiger partial charge in [-0.2, -0.15) is 5.10 Å². The lowest BCUT2D eigenvalue weighted by atomic mass is 10.2. The smallest absolute Gasteiger partial charge is 0.259 e. The third kappa shape index (κ3) is 3.57. The quantitative estimate of drug-likeness (QED) is 0.730. The van der Waals surface area contributed by atoms with Crippen LogP contribution >= 0.6 is 11.8 Å². The molecule has 0 saturated heterocycles. The van der Waals surface area contributed by atoms with Crippen LogP contribution in [0.2, 0.25) is 0 Å². The second-order valence-electron chi connectivity index (χ2n) is 4.71. The highest BCUT2D eigenvalue weighted by Gasteiger charge is 2.14. The number of carbonyl (C=O) groups is 1. The van der Waals surface area contributed by atoms with E-state index in [4.69, 9.17) is 0 Å². The van der Waals surface area contributed by atoms with Gasteiger partial charge < -0.3 is 5.32 Å². The number of thioether (sulfide) groups is 1. The molecule has 1 amide bonds. The molecule has 3 heterocycles. The van der Waals surface area contributed by atoms with Crippen molar-refractivity contribution in [2.75, 3.05) is 11.6 Å². The number of carbonyl (C=O) groups excluding carboxylic acids is 1. The molecule has 3 aromatic heterocycles. The van der Waals surface area contributed by atoms with Crippen molar-refractivity contribution in [3.05, 3.63) is 66.2 Å². The molecule has 0 unspecified atom stereocenters. The molecule has 0 aliphatic heterocycles. The highest BCUT2D eigenvalue weighted by molar-refractivity contribution is 7.98. The molecule has 0 aliphatic carbocycles. The number of amides is 1. The van der Waals surface area contributed by atoms with Gasteiger partial charge in [0.2, 0.25) is 0 Å². The van der Waals surface area contributed by atoms with Gasteiger partial charge in [0.05, 0.1) is 24.0 Å². The van der Waals surface area contributed by atoms with E-state index in [9.17, 15) is 4.79 Å². The van der Waals surface area contributed by atoms with Crippen molar-refractivity contribution in [1.29, 1.82) is 0 Å². The van der Waals surface area contributed by atoms with Crippen molar-refractivity contribution in [3.63, 3.8) is 0 Å². The molecule has 23 heavy (non-hydrogen) atoms. The summed E-state index contributed by atoms with van der Waals surface area (Å²) in [5, 5.41) is 7.82. The Morgan fingerprint density at radius 3 is 2.78 bits per heavy atom. The number of nitrogens with one attached hydrogen (secondary N) is 1. The molecule has 7 heteroatoms. The van der Waals surface area contributed by atoms with Gasteiger partial charge in [-0.25, -0.2) is 9.67 Å². The number of hydrogen-bond acceptors (Lipinski definition) is 5. The van der Waals surface area contributed by atoms with E-state index in [1.807, 2.05) is 24.5 Å². The summed E-state index contributed by atoms with van der Waals surface area (Å²) in [4.78, 5) is 21.0. The Kier molecular flexibility index (Phi) is 4.68. The van der Waals surface area contributed by atoms with Crippen molar-refractivity contribution in [3.8, 4) is 0 Å². The van der Waals surface area contributed by atoms with Gasteiger partial charge in [-0.05, 0) is 30.5 Å². The number of anilines is 1. The number of hydrogen-bond donors (Lipinski definition) is 1. The lowest BCUT2D eigenvalue weighted by molar-refractivity contribution is 0.102. The third-order valence-electron chi connectivity index (χ3n) is 3.21. The van der Waals surface area contributed by atoms with Gasteiger partial charge in [0, 0.05) is 18.5 Å². The fourth-order valence-electron chi connectivity index (χ4n) is 2.12. The molecule has 3 rings (SSSR count). The summed E-state index contributed by atoms with van der Waals surface area (Å²) >= 11 is 1.44. The standard InChI is InChI=1S/C16H15N5OS/c1-23-16-13(6-4-9-18-16)15(22)20-14-7-10-19-21(14)11-12-5-2-3-8-17-12/h2-10H,11H2,1H3,(H,20,22). The van der Waals surface area contributed by atoms with Gasteiger partial charge >= 0.3 is 0 Å². The third-order valence-corrected chi connectivity index (χ3v) is 3.92. The van der Waals surface area contributed by atoms with Crippen LogP contribution in [0.1, 0.15) is 16.1 Å². The minimum Gasteiger partial charge on any atom is -0.307 e. The normalized spacial score (nSPS) is 10.5. The van der Waals surface area contributed by atoms with Crippen molar-refractivity contribution < 1.29 is 4.79 Å². The van der Waals surface area contributed by atoms with E-state index < -0.39 is 0 Å². The SMILES string of the molecule is CSc1ncccc1C(=O)Nc1ccnn1Cc1ccccn1. The maximum absolute atomic E-state index is 12.5. The molecule has 0 spiro atoms. The van der Waals surface area contributed by atoms with Crippen LogP contribution in [0.4, 0.5) is 5.82 Å². The Balaban J connectivity index is 1.79. The van der Waals surface area contributed by atoms with Crippen LogP contribution in [0.15, 0.2) is 60.0 Å². The number of rotatable bonds is 5. The predicted octanol–water partition coefficient (Wildman–Crippen LogP) is 2.70. The van der Waals surface area contributed by atoms with Crippen LogP contribution in [0.3, 0.4) is 0 Å². The highest BCUT2D eigenvalue weighted by atomic mass is 32.2. The molecular formula is C16H15N5OS. The molecule has 3 aromatic rings. The lowest BCUT2D eigenvalue weighted by Gasteiger charge is -2.10. The van der Waals surface area contributed by atoms with E-state index in [0.29, 0.717) is 23.0 Å². The van der Waals surface area contributed by atoms with Crippen molar-refractivity contribution >= 4 is 23.5 Å². The molecule has 0 radical (unpaired) electrons. The second-order valence-corrected chi connectivity index (χ2v) is 5.50. The first-order valence-electron chi connectivity index (χ1n) is 7.00. The van der Waals surface area contributed by atoms with Crippen LogP contribution in [0.5, 0.6) is 0 Å². The van der Waals surface area contributed by atoms with Crippen LogP contribution < -0.4 is 5.32 Å². The summed E-state index contributed by atoms with van der Waals surface area (Å²) in [6.45, 7) is 0.492. The summed E-state index contributed by atoms with van der Waals surface area (Å²) < 4.78 is 1.70. The van der Waals surface area contributed by atoms with Crippen LogP contribution in [0, 0.1) is 0 Å². The molecule has 1 N–H and O–H groups in total. The zero-order valence-electron chi connectivity index (χ0n) is 12.5. The van der Waals surface area contributed by atoms with E-state index >= 15 is 0 Å². The summed E-state index contributed by atoms with van der Waals surface area (Å²) in [7, 11) is 0. The summed E-state index contributed by atoms with van der Waals surface area (Å²) in [6, 6.07) is 11.0. The summed E-state index contributed by atoms with van der Waals surface area (Å²) in [5.41, 5.74) is 1.42. The number of pyridine rings is 2. The van der Waals surface area contributed by atoms with Crippen molar-refractivity contribution in [2.24, 2.45) is 0 Å². The Hall–Kier alpha value is -2.67. The maximum Gasteiger partial charge on any atom is 0.259 e. The van der Waals surface area contributed by atoms with E-state index in [1.54, 1.807) is 41.5 Å². The van der Waals surface area contributed by atoms with Crippen LogP contribution in [-0.4, -0.2) is 31.9 Å². The predicted molar refractivity (Wildman–Crippen MR) is 89.5 cm³/mol. The Morgan fingerprint density at radius 1 is 1.13 bits per heavy atom. The first-order chi connectivity index (χ1) is 11.3. The average Bonchev–Trinajstić information content (AvgIpc) is 3.02. The van der Waals surface area contributed by atoms with Gasteiger partial charge in [0.1, 0.15) is 10.8 Å². The van der Waals surface area contributed by atoms with Crippen molar-refractivity contribution in [1.82, 2.24) is 19.7 Å². The van der Waals surface area contributed by atoms with E-state index in [0.717, 1.165) is 5.69 Å². The minimum absolute atomic E-state index is 0.203. The van der Waals surface area contributed by atoms with E-state index in [2.05, 4.69) is 20.4 Å². The van der Waals surface area contributed by atoms with Crippen LogP contribution in [0.25, 0.3) is 0 Å². The summed E-state index contributed by atoms with van der Waals surface area (Å²) in [5.74, 6) is 0.418. The molecular weight excluding hydrogens is 310 g/mol. The van der Waals surface area contributed by atoms with Crippen molar-refractivity contribution in [2.45, 2.75) is 11.6 Å². The topological polar surface area (TPSA) is 72.7 Å². The molecule has 0 saturated carbocycles. The monoisotopic (exact) mass is 325 g/mol. The van der Waals surface area contributed by atoms with E-state index in [-0.39, 0.29) is 5.91 Å². The fourth-order valence-corrected chi connectivity index (χ4v) is 2.67. The fraction of sp³-hybridized carbons (Fsp3) is 0.125. The first kappa shape index (κ1) is 15.2. The van der Waals surface area contributed by atoms with Gasteiger partial charge in [-0.3, -0.25) is 9.78 Å². The number of nitrogens with zero attached hydrogens (tertiary/aromatic N) is 4. The maximum atomic E-state index is 12.5. The average molecular weight is 325 g/mol.